The van der Waals surface area contributed by atoms with Gasteiger partial charge < -0.3 is 15.0 Å². The lowest BCUT2D eigenvalue weighted by molar-refractivity contribution is -0.128. The van der Waals surface area contributed by atoms with Crippen LogP contribution in [-0.2, 0) is 16.0 Å². The third kappa shape index (κ3) is 4.69. The molecule has 1 saturated carbocycles. The molecule has 3 aromatic rings. The fourth-order valence-corrected chi connectivity index (χ4v) is 5.76. The number of halogens is 2. The van der Waals surface area contributed by atoms with E-state index in [1.807, 2.05) is 0 Å². The minimum Gasteiger partial charge on any atom is -0.444 e. The second-order valence-corrected chi connectivity index (χ2v) is 11.1. The van der Waals surface area contributed by atoms with Crippen LogP contribution in [-0.4, -0.2) is 45.6 Å². The van der Waals surface area contributed by atoms with E-state index in [0.29, 0.717) is 17.0 Å². The normalized spacial score (nSPS) is 21.5. The Balaban J connectivity index is 1.37. The number of nitrogens with one attached hydrogen (secondary N) is 2. The summed E-state index contributed by atoms with van der Waals surface area (Å²) in [6, 6.07) is 7.04. The molecule has 4 unspecified atom stereocenters. The van der Waals surface area contributed by atoms with Crippen LogP contribution in [0.3, 0.4) is 0 Å². The Morgan fingerprint density at radius 3 is 2.66 bits per heavy atom. The van der Waals surface area contributed by atoms with Gasteiger partial charge in [-0.25, -0.2) is 13.6 Å². The van der Waals surface area contributed by atoms with E-state index in [9.17, 15) is 28.4 Å². The van der Waals surface area contributed by atoms with E-state index in [0.717, 1.165) is 25.3 Å². The van der Waals surface area contributed by atoms with Crippen molar-refractivity contribution in [3.63, 3.8) is 0 Å². The molecule has 0 radical (unpaired) electrons. The van der Waals surface area contributed by atoms with Crippen LogP contribution >= 0.6 is 0 Å². The number of carbonyl (C=O) groups excluding carboxylic acids is 2. The van der Waals surface area contributed by atoms with Crippen molar-refractivity contribution in [2.24, 2.45) is 5.92 Å². The Hall–Kier alpha value is -4.00. The number of nitrogens with zero attached hydrogens (tertiary/aromatic N) is 2. The molecule has 2 heterocycles. The first kappa shape index (κ1) is 25.6. The van der Waals surface area contributed by atoms with E-state index in [4.69, 9.17) is 4.74 Å². The summed E-state index contributed by atoms with van der Waals surface area (Å²) < 4.78 is 33.6. The maximum absolute atomic E-state index is 14.2. The molecule has 2 aromatic carbocycles. The Bertz CT molecular complexity index is 1550. The minimum atomic E-state index is -0.922. The molecule has 8 nitrogen and oxygen atoms in total. The minimum absolute atomic E-state index is 0.000149. The van der Waals surface area contributed by atoms with Crippen LogP contribution < -0.4 is 10.9 Å². The van der Waals surface area contributed by atoms with Crippen LogP contribution in [0.5, 0.6) is 0 Å². The molecule has 1 saturated heterocycles. The number of piperidine rings is 1. The number of aromatic nitrogens is 1. The number of H-pyrrole nitrogens is 1. The van der Waals surface area contributed by atoms with E-state index >= 15 is 0 Å². The van der Waals surface area contributed by atoms with E-state index in [1.54, 1.807) is 39.0 Å². The first-order valence-corrected chi connectivity index (χ1v) is 12.6. The summed E-state index contributed by atoms with van der Waals surface area (Å²) >= 11 is 0. The molecule has 1 aliphatic heterocycles. The van der Waals surface area contributed by atoms with Crippen LogP contribution in [0.1, 0.15) is 45.6 Å². The number of carbonyl (C=O) groups is 2. The number of amides is 2. The molecule has 2 fully saturated rings. The topological polar surface area (TPSA) is 115 Å². The Kier molecular flexibility index (Phi) is 6.33. The molecule has 4 atom stereocenters. The van der Waals surface area contributed by atoms with Crippen LogP contribution in [0.2, 0.25) is 0 Å². The van der Waals surface area contributed by atoms with Gasteiger partial charge in [-0.05, 0) is 69.0 Å². The maximum Gasteiger partial charge on any atom is 0.411 e. The predicted molar refractivity (Wildman–Crippen MR) is 136 cm³/mol. The van der Waals surface area contributed by atoms with Crippen molar-refractivity contribution in [1.29, 1.82) is 5.26 Å². The number of nitriles is 1. The third-order valence-corrected chi connectivity index (χ3v) is 7.28. The van der Waals surface area contributed by atoms with Crippen LogP contribution in [0.15, 0.2) is 35.1 Å². The van der Waals surface area contributed by atoms with Gasteiger partial charge in [0.2, 0.25) is 5.91 Å². The summed E-state index contributed by atoms with van der Waals surface area (Å²) in [5, 5.41) is 13.4. The third-order valence-electron chi connectivity index (χ3n) is 7.28. The van der Waals surface area contributed by atoms with Crippen molar-refractivity contribution in [2.75, 3.05) is 0 Å². The van der Waals surface area contributed by atoms with Crippen molar-refractivity contribution in [2.45, 2.75) is 70.2 Å². The molecule has 5 rings (SSSR count). The van der Waals surface area contributed by atoms with Gasteiger partial charge in [0.15, 0.2) is 0 Å². The van der Waals surface area contributed by atoms with Gasteiger partial charge in [-0.3, -0.25) is 14.5 Å². The molecule has 2 aliphatic rings. The standard InChI is InChI=1S/C28H28F2N4O4/c1-28(2,3)38-27(37)34-18-6-5-15(10-18)24(34)26(36)32-17(13-31)8-14-4-7-19-20-11-16(29)12-22(30)23(20)33-25(35)21(19)9-14/h4,7,9,11-12,15,17-18,24H,5-6,8,10H2,1-3H3,(H,32,36)(H,33,35). The lowest BCUT2D eigenvalue weighted by Gasteiger charge is -2.35. The van der Waals surface area contributed by atoms with Crippen LogP contribution in [0, 0.1) is 28.9 Å². The highest BCUT2D eigenvalue weighted by Crippen LogP contribution is 2.43. The highest BCUT2D eigenvalue weighted by molar-refractivity contribution is 6.05. The molecule has 38 heavy (non-hydrogen) atoms. The van der Waals surface area contributed by atoms with Gasteiger partial charge in [-0.15, -0.1) is 0 Å². The van der Waals surface area contributed by atoms with Crippen molar-refractivity contribution in [3.05, 3.63) is 57.9 Å². The molecule has 2 N–H and O–H groups in total. The number of hydrogen-bond donors (Lipinski definition) is 2. The fourth-order valence-electron chi connectivity index (χ4n) is 5.76. The maximum atomic E-state index is 14.2. The molecule has 198 valence electrons. The average molecular weight is 523 g/mol. The van der Waals surface area contributed by atoms with Crippen molar-refractivity contribution >= 4 is 33.7 Å². The van der Waals surface area contributed by atoms with E-state index in [-0.39, 0.29) is 34.7 Å². The highest BCUT2D eigenvalue weighted by Gasteiger charge is 2.52. The SMILES string of the molecule is CC(C)(C)OC(=O)N1C2CCC(C2)C1C(=O)NC(C#N)Cc1ccc2c(c1)c(=O)[nH]c1c(F)cc(F)cc12. The monoisotopic (exact) mass is 522 g/mol. The van der Waals surface area contributed by atoms with E-state index in [2.05, 4.69) is 16.4 Å². The molecule has 0 spiro atoms. The van der Waals surface area contributed by atoms with Crippen molar-refractivity contribution in [3.8, 4) is 6.07 Å². The fraction of sp³-hybridized carbons (Fsp3) is 0.429. The van der Waals surface area contributed by atoms with Gasteiger partial charge in [0.25, 0.3) is 5.56 Å². The molecular weight excluding hydrogens is 494 g/mol. The number of fused-ring (bicyclic) bond motifs is 5. The molecule has 2 bridgehead atoms. The molecule has 2 amide bonds. The van der Waals surface area contributed by atoms with Gasteiger partial charge in [0.05, 0.1) is 11.6 Å². The summed E-state index contributed by atoms with van der Waals surface area (Å²) in [5.41, 5.74) is -0.749. The van der Waals surface area contributed by atoms with Crippen LogP contribution in [0.25, 0.3) is 21.7 Å². The van der Waals surface area contributed by atoms with Crippen LogP contribution in [0.4, 0.5) is 13.6 Å². The molecule has 10 heteroatoms. The van der Waals surface area contributed by atoms with E-state index < -0.39 is 46.9 Å². The zero-order chi connectivity index (χ0) is 27.4. The predicted octanol–water partition coefficient (Wildman–Crippen LogP) is 4.30. The van der Waals surface area contributed by atoms with Gasteiger partial charge in [0.1, 0.15) is 29.3 Å². The molecule has 1 aliphatic carbocycles. The number of ether oxygens (including phenoxy) is 1. The first-order valence-electron chi connectivity index (χ1n) is 12.6. The van der Waals surface area contributed by atoms with Gasteiger partial charge in [-0.1, -0.05) is 12.1 Å². The molecule has 1 aromatic heterocycles. The quantitative estimate of drug-likeness (QED) is 0.496. The summed E-state index contributed by atoms with van der Waals surface area (Å²) in [7, 11) is 0. The van der Waals surface area contributed by atoms with Gasteiger partial charge >= 0.3 is 6.09 Å². The summed E-state index contributed by atoms with van der Waals surface area (Å²) in [6.45, 7) is 5.30. The van der Waals surface area contributed by atoms with E-state index in [1.165, 1.54) is 4.90 Å². The second kappa shape index (κ2) is 9.39. The number of likely N-dealkylation sites (tertiary alicyclic amines) is 1. The zero-order valence-electron chi connectivity index (χ0n) is 21.3. The number of benzene rings is 2. The van der Waals surface area contributed by atoms with Crippen molar-refractivity contribution < 1.29 is 23.1 Å². The lowest BCUT2D eigenvalue weighted by Crippen LogP contribution is -2.55. The number of rotatable bonds is 4. The smallest absolute Gasteiger partial charge is 0.411 e. The van der Waals surface area contributed by atoms with Gasteiger partial charge in [0, 0.05) is 29.3 Å². The number of pyridine rings is 1. The second-order valence-electron chi connectivity index (χ2n) is 11.1. The first-order chi connectivity index (χ1) is 17.9. The average Bonchev–Trinajstić information content (AvgIpc) is 3.45. The van der Waals surface area contributed by atoms with Gasteiger partial charge in [-0.2, -0.15) is 5.26 Å². The largest absolute Gasteiger partial charge is 0.444 e. The summed E-state index contributed by atoms with van der Waals surface area (Å²) in [4.78, 5) is 42.8. The lowest BCUT2D eigenvalue weighted by atomic mass is 9.97. The molecular formula is C28H28F2N4O4. The van der Waals surface area contributed by atoms with Crippen molar-refractivity contribution in [1.82, 2.24) is 15.2 Å². The Labute approximate surface area is 217 Å². The summed E-state index contributed by atoms with van der Waals surface area (Å²) in [5.74, 6) is -2.04. The zero-order valence-corrected chi connectivity index (χ0v) is 21.3. The number of hydrogen-bond acceptors (Lipinski definition) is 5. The Morgan fingerprint density at radius 2 is 1.95 bits per heavy atom. The highest BCUT2D eigenvalue weighted by atomic mass is 19.1. The number of aromatic amines is 1. The Morgan fingerprint density at radius 1 is 1.18 bits per heavy atom. The summed E-state index contributed by atoms with van der Waals surface area (Å²) in [6.07, 6.45) is 1.91.